The van der Waals surface area contributed by atoms with Crippen molar-refractivity contribution in [2.45, 2.75) is 36.0 Å². The molecule has 0 aliphatic carbocycles. The van der Waals surface area contributed by atoms with Crippen molar-refractivity contribution in [1.82, 2.24) is 4.90 Å². The van der Waals surface area contributed by atoms with Crippen LogP contribution in [0.2, 0.25) is 5.02 Å². The summed E-state index contributed by atoms with van der Waals surface area (Å²) < 4.78 is 27.9. The first-order valence-corrected chi connectivity index (χ1v) is 11.5. The molecule has 6 heteroatoms. The molecule has 1 spiro atoms. The molecular formula is C23H25ClF2N2S. The number of hydrogen-bond donors (Lipinski definition) is 1. The second-order valence-electron chi connectivity index (χ2n) is 7.91. The molecule has 0 radical (unpaired) electrons. The molecule has 29 heavy (non-hydrogen) atoms. The van der Waals surface area contributed by atoms with Gasteiger partial charge in [0.2, 0.25) is 0 Å². The van der Waals surface area contributed by atoms with E-state index in [1.165, 1.54) is 17.7 Å². The van der Waals surface area contributed by atoms with E-state index >= 15 is 0 Å². The Labute approximate surface area is 180 Å². The number of hydrogen-bond acceptors (Lipinski definition) is 3. The molecule has 2 aliphatic rings. The molecule has 4 rings (SSSR count). The highest BCUT2D eigenvalue weighted by Gasteiger charge is 2.44. The van der Waals surface area contributed by atoms with Gasteiger partial charge in [-0.1, -0.05) is 18.2 Å². The summed E-state index contributed by atoms with van der Waals surface area (Å²) in [4.78, 5) is 2.53. The molecule has 0 atom stereocenters. The number of aryl methyl sites for hydroxylation is 1. The third-order valence-corrected chi connectivity index (χ3v) is 7.31. The van der Waals surface area contributed by atoms with Crippen LogP contribution in [-0.4, -0.2) is 30.8 Å². The molecule has 1 fully saturated rings. The van der Waals surface area contributed by atoms with E-state index in [0.717, 1.165) is 72.6 Å². The molecule has 154 valence electrons. The maximum Gasteiger partial charge on any atom is 0.139 e. The van der Waals surface area contributed by atoms with Crippen molar-refractivity contribution < 1.29 is 8.78 Å². The van der Waals surface area contributed by atoms with E-state index in [-0.39, 0.29) is 10.3 Å². The lowest BCUT2D eigenvalue weighted by Gasteiger charge is -2.40. The first-order valence-electron chi connectivity index (χ1n) is 9.93. The molecule has 0 saturated carbocycles. The average Bonchev–Trinajstić information content (AvgIpc) is 2.94. The Morgan fingerprint density at radius 2 is 1.86 bits per heavy atom. The van der Waals surface area contributed by atoms with Gasteiger partial charge in [0, 0.05) is 21.8 Å². The van der Waals surface area contributed by atoms with Crippen molar-refractivity contribution in [1.29, 1.82) is 0 Å². The minimum Gasteiger partial charge on any atom is -0.358 e. The minimum absolute atomic E-state index is 0.0450. The third kappa shape index (κ3) is 3.92. The first kappa shape index (κ1) is 20.7. The van der Waals surface area contributed by atoms with E-state index < -0.39 is 11.6 Å². The van der Waals surface area contributed by atoms with Crippen LogP contribution < -0.4 is 5.32 Å². The number of halogens is 3. The van der Waals surface area contributed by atoms with Crippen molar-refractivity contribution in [3.05, 3.63) is 70.4 Å². The van der Waals surface area contributed by atoms with Crippen LogP contribution in [0.5, 0.6) is 0 Å². The third-order valence-electron chi connectivity index (χ3n) is 6.27. The molecule has 1 N–H and O–H groups in total. The number of likely N-dealkylation sites (tertiary alicyclic amines) is 1. The molecule has 2 heterocycles. The van der Waals surface area contributed by atoms with Gasteiger partial charge in [0.15, 0.2) is 0 Å². The van der Waals surface area contributed by atoms with Crippen LogP contribution in [0.15, 0.2) is 47.5 Å². The van der Waals surface area contributed by atoms with Gasteiger partial charge in [-0.3, -0.25) is 0 Å². The topological polar surface area (TPSA) is 15.3 Å². The summed E-state index contributed by atoms with van der Waals surface area (Å²) in [5.74, 6) is -0.922. The molecule has 2 aliphatic heterocycles. The highest BCUT2D eigenvalue weighted by molar-refractivity contribution is 7.98. The highest BCUT2D eigenvalue weighted by Crippen LogP contribution is 2.50. The predicted molar refractivity (Wildman–Crippen MR) is 118 cm³/mol. The monoisotopic (exact) mass is 434 g/mol. The van der Waals surface area contributed by atoms with Crippen molar-refractivity contribution in [2.75, 3.05) is 31.2 Å². The maximum absolute atomic E-state index is 14.0. The zero-order valence-corrected chi connectivity index (χ0v) is 18.1. The minimum atomic E-state index is -0.461. The Morgan fingerprint density at radius 1 is 1.17 bits per heavy atom. The van der Waals surface area contributed by atoms with E-state index in [9.17, 15) is 8.78 Å². The maximum atomic E-state index is 14.0. The van der Waals surface area contributed by atoms with Gasteiger partial charge in [-0.25, -0.2) is 8.78 Å². The molecule has 2 nitrogen and oxygen atoms in total. The van der Waals surface area contributed by atoms with E-state index in [4.69, 9.17) is 11.6 Å². The number of rotatable bonds is 5. The summed E-state index contributed by atoms with van der Waals surface area (Å²) in [5, 5.41) is 4.20. The number of benzene rings is 2. The van der Waals surface area contributed by atoms with Crippen molar-refractivity contribution >= 4 is 29.1 Å². The van der Waals surface area contributed by atoms with Crippen molar-refractivity contribution in [3.63, 3.8) is 0 Å². The van der Waals surface area contributed by atoms with Crippen LogP contribution in [0.25, 0.3) is 0 Å². The lowest BCUT2D eigenvalue weighted by Crippen LogP contribution is -2.43. The Bertz CT molecular complexity index is 915. The molecule has 1 saturated heterocycles. The van der Waals surface area contributed by atoms with Crippen LogP contribution in [0.1, 0.15) is 30.4 Å². The van der Waals surface area contributed by atoms with E-state index in [1.807, 2.05) is 12.1 Å². The zero-order valence-electron chi connectivity index (χ0n) is 16.5. The van der Waals surface area contributed by atoms with Gasteiger partial charge in [0.05, 0.1) is 4.90 Å². The number of piperidine rings is 1. The standard InChI is InChI=1S/C23H25ClF2N2S/c1-15-23(18-14-17(24)5-6-21(18)27-15)7-10-28(11-8-23)9-3-4-16-12-19(25)22(29-2)20(26)13-16/h5-6,12-14,27H,1,3-4,7-11H2,2H3. The second kappa shape index (κ2) is 8.29. The molecule has 2 aromatic carbocycles. The van der Waals surface area contributed by atoms with E-state index in [1.54, 1.807) is 6.26 Å². The molecule has 2 aromatic rings. The van der Waals surface area contributed by atoms with Gasteiger partial charge in [-0.15, -0.1) is 11.8 Å². The number of fused-ring (bicyclic) bond motifs is 2. The molecule has 0 bridgehead atoms. The fourth-order valence-corrected chi connectivity index (χ4v) is 5.33. The number of thioether (sulfide) groups is 1. The predicted octanol–water partition coefficient (Wildman–Crippen LogP) is 6.25. The van der Waals surface area contributed by atoms with Gasteiger partial charge in [0.1, 0.15) is 11.6 Å². The normalized spacial score (nSPS) is 18.1. The van der Waals surface area contributed by atoms with Crippen LogP contribution in [0.4, 0.5) is 14.5 Å². The summed E-state index contributed by atoms with van der Waals surface area (Å²) in [6.07, 6.45) is 5.24. The first-order chi connectivity index (χ1) is 13.9. The highest BCUT2D eigenvalue weighted by atomic mass is 35.5. The van der Waals surface area contributed by atoms with Crippen LogP contribution in [0.3, 0.4) is 0 Å². The zero-order chi connectivity index (χ0) is 20.6. The second-order valence-corrected chi connectivity index (χ2v) is 9.17. The summed E-state index contributed by atoms with van der Waals surface area (Å²) in [5.41, 5.74) is 4.12. The van der Waals surface area contributed by atoms with Gasteiger partial charge in [0.25, 0.3) is 0 Å². The summed E-state index contributed by atoms with van der Waals surface area (Å²) in [6, 6.07) is 8.94. The lowest BCUT2D eigenvalue weighted by atomic mass is 9.72. The Morgan fingerprint density at radius 3 is 2.52 bits per heavy atom. The lowest BCUT2D eigenvalue weighted by molar-refractivity contribution is 0.179. The quantitative estimate of drug-likeness (QED) is 0.560. The van der Waals surface area contributed by atoms with E-state index in [2.05, 4.69) is 22.9 Å². The Balaban J connectivity index is 1.35. The number of anilines is 1. The van der Waals surface area contributed by atoms with Crippen molar-refractivity contribution in [2.24, 2.45) is 0 Å². The SMILES string of the molecule is C=C1Nc2ccc(Cl)cc2C12CCN(CCCc1cc(F)c(SC)c(F)c1)CC2. The largest absolute Gasteiger partial charge is 0.358 e. The van der Waals surface area contributed by atoms with Gasteiger partial charge < -0.3 is 10.2 Å². The molecule has 0 aromatic heterocycles. The average molecular weight is 435 g/mol. The van der Waals surface area contributed by atoms with Crippen LogP contribution >= 0.6 is 23.4 Å². The van der Waals surface area contributed by atoms with Crippen LogP contribution in [-0.2, 0) is 11.8 Å². The molecule has 0 unspecified atom stereocenters. The number of nitrogens with one attached hydrogen (secondary N) is 1. The van der Waals surface area contributed by atoms with Crippen LogP contribution in [0, 0.1) is 11.6 Å². The van der Waals surface area contributed by atoms with Gasteiger partial charge in [-0.05, 0) is 93.0 Å². The van der Waals surface area contributed by atoms with E-state index in [0.29, 0.717) is 6.42 Å². The fraction of sp³-hybridized carbons (Fsp3) is 0.391. The summed E-state index contributed by atoms with van der Waals surface area (Å²) >= 11 is 7.35. The summed E-state index contributed by atoms with van der Waals surface area (Å²) in [7, 11) is 0. The number of nitrogens with zero attached hydrogens (tertiary/aromatic N) is 1. The Hall–Kier alpha value is -1.56. The number of allylic oxidation sites excluding steroid dienone is 1. The molecule has 0 amide bonds. The van der Waals surface area contributed by atoms with Crippen molar-refractivity contribution in [3.8, 4) is 0 Å². The molecular weight excluding hydrogens is 410 g/mol. The smallest absolute Gasteiger partial charge is 0.139 e. The summed E-state index contributed by atoms with van der Waals surface area (Å²) in [6.45, 7) is 7.16. The Kier molecular flexibility index (Phi) is 5.92. The van der Waals surface area contributed by atoms with Gasteiger partial charge >= 0.3 is 0 Å². The van der Waals surface area contributed by atoms with Gasteiger partial charge in [-0.2, -0.15) is 0 Å². The fourth-order valence-electron chi connectivity index (χ4n) is 4.65.